The Bertz CT molecular complexity index is 2240. The van der Waals surface area contributed by atoms with Crippen molar-refractivity contribution >= 4 is 34.7 Å². The molecule has 16 nitrogen and oxygen atoms in total. The summed E-state index contributed by atoms with van der Waals surface area (Å²) >= 11 is 0. The highest BCUT2D eigenvalue weighted by Gasteiger charge is 2.49. The van der Waals surface area contributed by atoms with Gasteiger partial charge in [0.05, 0.1) is 49.1 Å². The highest BCUT2D eigenvalue weighted by molar-refractivity contribution is 6.06. The zero-order chi connectivity index (χ0) is 39.1. The average molecular weight is 780 g/mol. The number of carbonyl (C=O) groups excluding carboxylic acids is 3. The SMILES string of the molecule is COc1ccc(C2=NN(C3CCN(C(=O)CNC(=O)Oc4c[nH]c5c(-c6c(OCC7CC7)ccc7c6OCO7)ncnc45)CC3)C(=O)C3(CCCC3)C2)cc1OC. The number of nitrogens with one attached hydrogen (secondary N) is 2. The lowest BCUT2D eigenvalue weighted by Gasteiger charge is -2.43. The van der Waals surface area contributed by atoms with E-state index in [-0.39, 0.29) is 36.9 Å². The number of methoxy groups -OCH3 is 2. The summed E-state index contributed by atoms with van der Waals surface area (Å²) in [7, 11) is 3.20. The Morgan fingerprint density at radius 3 is 2.53 bits per heavy atom. The van der Waals surface area contributed by atoms with E-state index < -0.39 is 11.5 Å². The number of H-pyrrole nitrogens is 1. The first-order valence-corrected chi connectivity index (χ1v) is 19.6. The summed E-state index contributed by atoms with van der Waals surface area (Å²) in [6.45, 7) is 1.26. The van der Waals surface area contributed by atoms with Gasteiger partial charge in [0.2, 0.25) is 18.6 Å². The zero-order valence-electron chi connectivity index (χ0n) is 32.0. The Hall–Kier alpha value is -6.06. The molecule has 5 heterocycles. The maximum Gasteiger partial charge on any atom is 0.413 e. The van der Waals surface area contributed by atoms with Gasteiger partial charge < -0.3 is 43.6 Å². The fourth-order valence-corrected chi connectivity index (χ4v) is 8.44. The van der Waals surface area contributed by atoms with Gasteiger partial charge in [-0.05, 0) is 74.8 Å². The van der Waals surface area contributed by atoms with Crippen molar-refractivity contribution in [3.63, 3.8) is 0 Å². The Kier molecular flexibility index (Phi) is 9.70. The van der Waals surface area contributed by atoms with Crippen LogP contribution in [0.2, 0.25) is 0 Å². The minimum Gasteiger partial charge on any atom is -0.493 e. The van der Waals surface area contributed by atoms with Crippen LogP contribution in [0.3, 0.4) is 0 Å². The number of carbonyl (C=O) groups is 3. The molecule has 9 rings (SSSR count). The first kappa shape index (κ1) is 36.6. The molecule has 2 aliphatic carbocycles. The Morgan fingerprint density at radius 1 is 0.965 bits per heavy atom. The van der Waals surface area contributed by atoms with Crippen LogP contribution in [-0.4, -0.2) is 102 Å². The monoisotopic (exact) mass is 779 g/mol. The quantitative estimate of drug-likeness (QED) is 0.198. The van der Waals surface area contributed by atoms with Gasteiger partial charge in [0.1, 0.15) is 29.8 Å². The summed E-state index contributed by atoms with van der Waals surface area (Å²) in [5.41, 5.74) is 3.30. The van der Waals surface area contributed by atoms with Gasteiger partial charge in [-0.25, -0.2) is 19.8 Å². The van der Waals surface area contributed by atoms with Crippen molar-refractivity contribution in [2.24, 2.45) is 16.4 Å². The highest BCUT2D eigenvalue weighted by Crippen LogP contribution is 2.49. The average Bonchev–Trinajstić information content (AvgIpc) is 3.54. The predicted octanol–water partition coefficient (Wildman–Crippen LogP) is 5.44. The Labute approximate surface area is 328 Å². The molecular weight excluding hydrogens is 734 g/mol. The van der Waals surface area contributed by atoms with Gasteiger partial charge in [0.25, 0.3) is 0 Å². The Morgan fingerprint density at radius 2 is 1.75 bits per heavy atom. The fraction of sp³-hybridized carbons (Fsp3) is 0.463. The number of benzene rings is 2. The normalized spacial score (nSPS) is 18.8. The molecule has 3 amide bonds. The van der Waals surface area contributed by atoms with Crippen molar-refractivity contribution in [2.75, 3.05) is 47.3 Å². The molecule has 0 bridgehead atoms. The summed E-state index contributed by atoms with van der Waals surface area (Å²) in [6.07, 6.45) is 9.77. The molecular formula is C41H45N7O9. The van der Waals surface area contributed by atoms with Crippen LogP contribution in [0.5, 0.6) is 34.5 Å². The fourth-order valence-electron chi connectivity index (χ4n) is 8.44. The van der Waals surface area contributed by atoms with Crippen molar-refractivity contribution in [3.05, 3.63) is 48.4 Å². The van der Waals surface area contributed by atoms with E-state index in [4.69, 9.17) is 33.5 Å². The molecule has 3 aliphatic heterocycles. The summed E-state index contributed by atoms with van der Waals surface area (Å²) < 4.78 is 34.3. The maximum atomic E-state index is 14.1. The number of hydrazone groups is 1. The van der Waals surface area contributed by atoms with Gasteiger partial charge in [-0.15, -0.1) is 0 Å². The van der Waals surface area contributed by atoms with Gasteiger partial charge in [-0.3, -0.25) is 9.59 Å². The summed E-state index contributed by atoms with van der Waals surface area (Å²) in [5.74, 6) is 3.47. The van der Waals surface area contributed by atoms with Gasteiger partial charge >= 0.3 is 6.09 Å². The molecule has 57 heavy (non-hydrogen) atoms. The van der Waals surface area contributed by atoms with Gasteiger partial charge in [0.15, 0.2) is 28.7 Å². The molecule has 3 fully saturated rings. The van der Waals surface area contributed by atoms with Gasteiger partial charge in [-0.2, -0.15) is 5.10 Å². The lowest BCUT2D eigenvalue weighted by molar-refractivity contribution is -0.147. The molecule has 16 heteroatoms. The predicted molar refractivity (Wildman–Crippen MR) is 206 cm³/mol. The van der Waals surface area contributed by atoms with Crippen molar-refractivity contribution in [2.45, 2.75) is 63.8 Å². The first-order valence-electron chi connectivity index (χ1n) is 19.6. The lowest BCUT2D eigenvalue weighted by atomic mass is 9.77. The number of rotatable bonds is 11. The summed E-state index contributed by atoms with van der Waals surface area (Å²) in [5, 5.41) is 9.24. The van der Waals surface area contributed by atoms with Crippen LogP contribution in [0.4, 0.5) is 4.79 Å². The second kappa shape index (κ2) is 15.1. The molecule has 4 aromatic rings. The number of hydrogen-bond donors (Lipinski definition) is 2. The van der Waals surface area contributed by atoms with Crippen LogP contribution in [0.15, 0.2) is 48.0 Å². The largest absolute Gasteiger partial charge is 0.493 e. The van der Waals surface area contributed by atoms with Crippen LogP contribution < -0.4 is 33.7 Å². The van der Waals surface area contributed by atoms with Gasteiger partial charge in [-0.1, -0.05) is 12.8 Å². The van der Waals surface area contributed by atoms with Crippen molar-refractivity contribution in [1.29, 1.82) is 0 Å². The number of piperidine rings is 1. The van der Waals surface area contributed by atoms with E-state index in [1.165, 1.54) is 12.5 Å². The molecule has 298 valence electrons. The third-order valence-electron chi connectivity index (χ3n) is 11.8. The molecule has 1 saturated heterocycles. The minimum atomic E-state index is -0.803. The number of fused-ring (bicyclic) bond motifs is 2. The Balaban J connectivity index is 0.838. The molecule has 2 aromatic carbocycles. The highest BCUT2D eigenvalue weighted by atomic mass is 16.7. The van der Waals surface area contributed by atoms with Gasteiger partial charge in [0, 0.05) is 31.3 Å². The number of likely N-dealkylation sites (tertiary alicyclic amines) is 1. The zero-order valence-corrected chi connectivity index (χ0v) is 32.0. The van der Waals surface area contributed by atoms with Crippen LogP contribution in [-0.2, 0) is 9.59 Å². The van der Waals surface area contributed by atoms with E-state index in [0.717, 1.165) is 49.8 Å². The number of aromatic nitrogens is 3. The van der Waals surface area contributed by atoms with E-state index >= 15 is 0 Å². The van der Waals surface area contributed by atoms with E-state index in [9.17, 15) is 14.4 Å². The van der Waals surface area contributed by atoms with E-state index in [1.807, 2.05) is 30.3 Å². The molecule has 2 aromatic heterocycles. The molecule has 1 spiro atoms. The van der Waals surface area contributed by atoms with Crippen LogP contribution in [0.1, 0.15) is 63.4 Å². The van der Waals surface area contributed by atoms with E-state index in [0.29, 0.717) is 95.9 Å². The van der Waals surface area contributed by atoms with E-state index in [1.54, 1.807) is 24.1 Å². The van der Waals surface area contributed by atoms with Crippen molar-refractivity contribution in [3.8, 4) is 45.8 Å². The molecule has 5 aliphatic rings. The topological polar surface area (TPSA) is 179 Å². The number of aromatic amines is 1. The number of nitrogens with zero attached hydrogens (tertiary/aromatic N) is 5. The number of amides is 3. The number of ether oxygens (including phenoxy) is 6. The third kappa shape index (κ3) is 7.01. The molecule has 2 saturated carbocycles. The molecule has 0 unspecified atom stereocenters. The third-order valence-corrected chi connectivity index (χ3v) is 11.8. The van der Waals surface area contributed by atoms with Crippen LogP contribution in [0.25, 0.3) is 22.3 Å². The lowest BCUT2D eigenvalue weighted by Crippen LogP contribution is -2.54. The van der Waals surface area contributed by atoms with Crippen molar-refractivity contribution in [1.82, 2.24) is 30.2 Å². The van der Waals surface area contributed by atoms with Crippen LogP contribution in [0, 0.1) is 11.3 Å². The second-order valence-corrected chi connectivity index (χ2v) is 15.3. The first-order chi connectivity index (χ1) is 27.8. The molecule has 0 radical (unpaired) electrons. The molecule has 0 atom stereocenters. The standard InChI is InChI=1S/C41H45N7O9/c1-52-28-8-7-25(17-31(28)53-2)27-18-41(13-3-4-14-41)39(50)48(46-27)26-11-15-47(16-12-26)33(49)20-43-40(51)57-32-19-42-37-35(32)44-22-45-36(37)34-29(54-21-24-5-6-24)9-10-30-38(34)56-23-55-30/h7-10,17,19,22,24,26,42H,3-6,11-16,18,20-21,23H2,1-2H3,(H,43,51). The van der Waals surface area contributed by atoms with Crippen molar-refractivity contribution < 1.29 is 42.8 Å². The second-order valence-electron chi connectivity index (χ2n) is 15.3. The minimum absolute atomic E-state index is 0.0745. The summed E-state index contributed by atoms with van der Waals surface area (Å²) in [6, 6.07) is 9.24. The smallest absolute Gasteiger partial charge is 0.413 e. The van der Waals surface area contributed by atoms with E-state index in [2.05, 4.69) is 20.3 Å². The maximum absolute atomic E-state index is 14.1. The van der Waals surface area contributed by atoms with Crippen LogP contribution >= 0.6 is 0 Å². The number of hydrogen-bond acceptors (Lipinski definition) is 12. The summed E-state index contributed by atoms with van der Waals surface area (Å²) in [4.78, 5) is 54.2. The molecule has 2 N–H and O–H groups in total.